The maximum absolute atomic E-state index is 12.2. The Hall–Kier alpha value is -2.49. The van der Waals surface area contributed by atoms with Crippen molar-refractivity contribution < 1.29 is 19.1 Å². The van der Waals surface area contributed by atoms with Crippen LogP contribution in [0.1, 0.15) is 10.4 Å². The Balaban J connectivity index is 1.55. The van der Waals surface area contributed by atoms with Gasteiger partial charge in [0.2, 0.25) is 0 Å². The number of carbonyl (C=O) groups is 2. The smallest absolute Gasteiger partial charge is 0.337 e. The molecule has 0 unspecified atom stereocenters. The Labute approximate surface area is 195 Å². The summed E-state index contributed by atoms with van der Waals surface area (Å²) in [5.74, 6) is -0.277. The lowest BCUT2D eigenvalue weighted by Gasteiger charge is -2.12. The summed E-state index contributed by atoms with van der Waals surface area (Å²) < 4.78 is 12.0. The number of esters is 1. The lowest BCUT2D eigenvalue weighted by Crippen LogP contribution is -2.37. The molecule has 0 spiro atoms. The highest BCUT2D eigenvalue weighted by Gasteiger charge is 2.11. The van der Waals surface area contributed by atoms with Crippen LogP contribution in [-0.2, 0) is 9.53 Å². The van der Waals surface area contributed by atoms with Crippen LogP contribution in [0.5, 0.6) is 5.75 Å². The van der Waals surface area contributed by atoms with Crippen LogP contribution in [0.2, 0.25) is 0 Å². The van der Waals surface area contributed by atoms with E-state index < -0.39 is 11.9 Å². The predicted molar refractivity (Wildman–Crippen MR) is 127 cm³/mol. The fourth-order valence-corrected chi connectivity index (χ4v) is 3.85. The van der Waals surface area contributed by atoms with Crippen molar-refractivity contribution >= 4 is 77.5 Å². The third-order valence-electron chi connectivity index (χ3n) is 4.06. The van der Waals surface area contributed by atoms with Gasteiger partial charge in [-0.3, -0.25) is 10.1 Å². The van der Waals surface area contributed by atoms with Gasteiger partial charge in [0.1, 0.15) is 5.75 Å². The second kappa shape index (κ2) is 10.0. The van der Waals surface area contributed by atoms with Crippen molar-refractivity contribution in [2.75, 3.05) is 19.0 Å². The Bertz CT molecular complexity index is 1120. The van der Waals surface area contributed by atoms with E-state index in [1.807, 2.05) is 24.3 Å². The first-order chi connectivity index (χ1) is 14.4. The van der Waals surface area contributed by atoms with Gasteiger partial charge in [-0.25, -0.2) is 4.79 Å². The van der Waals surface area contributed by atoms with Crippen LogP contribution in [0.15, 0.2) is 63.5 Å². The fourth-order valence-electron chi connectivity index (χ4n) is 2.63. The number of thiocarbonyl (C=S) groups is 1. The maximum atomic E-state index is 12.2. The lowest BCUT2D eigenvalue weighted by atomic mass is 10.1. The second-order valence-electron chi connectivity index (χ2n) is 6.10. The molecule has 3 aromatic rings. The zero-order valence-corrected chi connectivity index (χ0v) is 19.7. The number of ether oxygens (including phenoxy) is 2. The van der Waals surface area contributed by atoms with Gasteiger partial charge in [0.25, 0.3) is 5.91 Å². The topological polar surface area (TPSA) is 76.7 Å². The average molecular weight is 552 g/mol. The summed E-state index contributed by atoms with van der Waals surface area (Å²) in [5, 5.41) is 7.56. The van der Waals surface area contributed by atoms with E-state index in [0.717, 1.165) is 19.7 Å². The summed E-state index contributed by atoms with van der Waals surface area (Å²) in [6.07, 6.45) is 0. The molecule has 0 fully saturated rings. The van der Waals surface area contributed by atoms with Crippen molar-refractivity contribution in [3.05, 3.63) is 69.1 Å². The van der Waals surface area contributed by atoms with Crippen LogP contribution in [-0.4, -0.2) is 30.7 Å². The third kappa shape index (κ3) is 5.56. The first-order valence-electron chi connectivity index (χ1n) is 8.67. The molecule has 0 atom stereocenters. The van der Waals surface area contributed by atoms with Crippen molar-refractivity contribution in [1.82, 2.24) is 5.32 Å². The number of rotatable bonds is 5. The molecule has 0 heterocycles. The number of hydrogen-bond acceptors (Lipinski definition) is 5. The summed E-state index contributed by atoms with van der Waals surface area (Å²) in [6.45, 7) is -0.205. The van der Waals surface area contributed by atoms with Crippen LogP contribution in [0.25, 0.3) is 10.8 Å². The number of halogens is 2. The highest BCUT2D eigenvalue weighted by Crippen LogP contribution is 2.34. The molecule has 0 aromatic heterocycles. The molecule has 0 radical (unpaired) electrons. The van der Waals surface area contributed by atoms with E-state index in [0.29, 0.717) is 17.0 Å². The molecular formula is C21H16Br2N2O4S. The van der Waals surface area contributed by atoms with Crippen molar-refractivity contribution in [3.63, 3.8) is 0 Å². The molecule has 1 amide bonds. The van der Waals surface area contributed by atoms with Crippen molar-refractivity contribution in [1.29, 1.82) is 0 Å². The molecule has 9 heteroatoms. The molecule has 3 aromatic carbocycles. The SMILES string of the molecule is COC(=O)c1ccc(NC(=S)NC(=O)COc2ccc3cc(Br)ccc3c2Br)cc1. The van der Waals surface area contributed by atoms with E-state index in [2.05, 4.69) is 47.2 Å². The highest BCUT2D eigenvalue weighted by molar-refractivity contribution is 9.11. The minimum atomic E-state index is -0.429. The van der Waals surface area contributed by atoms with Gasteiger partial charge in [0.05, 0.1) is 17.1 Å². The van der Waals surface area contributed by atoms with Crippen LogP contribution in [0.4, 0.5) is 5.69 Å². The van der Waals surface area contributed by atoms with E-state index in [9.17, 15) is 9.59 Å². The molecule has 0 aliphatic carbocycles. The monoisotopic (exact) mass is 550 g/mol. The van der Waals surface area contributed by atoms with Crippen molar-refractivity contribution in [3.8, 4) is 5.75 Å². The van der Waals surface area contributed by atoms with E-state index >= 15 is 0 Å². The minimum absolute atomic E-state index is 0.122. The quantitative estimate of drug-likeness (QED) is 0.341. The molecule has 6 nitrogen and oxygen atoms in total. The molecule has 30 heavy (non-hydrogen) atoms. The average Bonchev–Trinajstić information content (AvgIpc) is 2.73. The van der Waals surface area contributed by atoms with Gasteiger partial charge in [0.15, 0.2) is 11.7 Å². The summed E-state index contributed by atoms with van der Waals surface area (Å²) in [6, 6.07) is 16.1. The third-order valence-corrected chi connectivity index (χ3v) is 5.57. The van der Waals surface area contributed by atoms with Crippen LogP contribution >= 0.6 is 44.1 Å². The van der Waals surface area contributed by atoms with E-state index in [-0.39, 0.29) is 11.7 Å². The van der Waals surface area contributed by atoms with Crippen molar-refractivity contribution in [2.24, 2.45) is 0 Å². The van der Waals surface area contributed by atoms with Crippen molar-refractivity contribution in [2.45, 2.75) is 0 Å². The number of methoxy groups -OCH3 is 1. The van der Waals surface area contributed by atoms with Gasteiger partial charge in [-0.1, -0.05) is 28.1 Å². The summed E-state index contributed by atoms with van der Waals surface area (Å²) in [5.41, 5.74) is 1.04. The first kappa shape index (κ1) is 22.2. The van der Waals surface area contributed by atoms with E-state index in [1.165, 1.54) is 7.11 Å². The maximum Gasteiger partial charge on any atom is 0.337 e. The first-order valence-corrected chi connectivity index (χ1v) is 10.7. The number of amides is 1. The van der Waals surface area contributed by atoms with Gasteiger partial charge in [-0.15, -0.1) is 0 Å². The van der Waals surface area contributed by atoms with E-state index in [1.54, 1.807) is 30.3 Å². The summed E-state index contributed by atoms with van der Waals surface area (Å²) >= 11 is 12.1. The van der Waals surface area contributed by atoms with Crippen LogP contribution in [0.3, 0.4) is 0 Å². The number of carbonyl (C=O) groups excluding carboxylic acids is 2. The number of hydrogen-bond donors (Lipinski definition) is 2. The van der Waals surface area contributed by atoms with Crippen LogP contribution in [0, 0.1) is 0 Å². The fraction of sp³-hybridized carbons (Fsp3) is 0.0952. The normalized spacial score (nSPS) is 10.4. The second-order valence-corrected chi connectivity index (χ2v) is 8.22. The number of benzene rings is 3. The molecule has 2 N–H and O–H groups in total. The molecule has 0 bridgehead atoms. The zero-order chi connectivity index (χ0) is 21.7. The molecule has 154 valence electrons. The molecular weight excluding hydrogens is 536 g/mol. The summed E-state index contributed by atoms with van der Waals surface area (Å²) in [7, 11) is 1.32. The Kier molecular flexibility index (Phi) is 7.41. The van der Waals surface area contributed by atoms with Crippen LogP contribution < -0.4 is 15.4 Å². The van der Waals surface area contributed by atoms with Gasteiger partial charge in [-0.05, 0) is 81.4 Å². The highest BCUT2D eigenvalue weighted by atomic mass is 79.9. The molecule has 0 aliphatic heterocycles. The van der Waals surface area contributed by atoms with Gasteiger partial charge < -0.3 is 14.8 Å². The zero-order valence-electron chi connectivity index (χ0n) is 15.7. The van der Waals surface area contributed by atoms with Gasteiger partial charge in [-0.2, -0.15) is 0 Å². The van der Waals surface area contributed by atoms with E-state index in [4.69, 9.17) is 17.0 Å². The molecule has 3 rings (SSSR count). The lowest BCUT2D eigenvalue weighted by molar-refractivity contribution is -0.121. The summed E-state index contributed by atoms with van der Waals surface area (Å²) in [4.78, 5) is 23.6. The molecule has 0 saturated heterocycles. The number of nitrogens with one attached hydrogen (secondary N) is 2. The standard InChI is InChI=1S/C21H16Br2N2O4S/c1-28-20(27)12-2-6-15(7-3-12)24-21(30)25-18(26)11-29-17-9-4-13-10-14(22)5-8-16(13)19(17)23/h2-10H,11H2,1H3,(H2,24,25,26,30). The number of fused-ring (bicyclic) bond motifs is 1. The minimum Gasteiger partial charge on any atom is -0.483 e. The largest absolute Gasteiger partial charge is 0.483 e. The number of anilines is 1. The predicted octanol–water partition coefficient (Wildman–Crippen LogP) is 5.04. The Morgan fingerprint density at radius 1 is 1.03 bits per heavy atom. The molecule has 0 aliphatic rings. The molecule has 0 saturated carbocycles. The van der Waals surface area contributed by atoms with Gasteiger partial charge >= 0.3 is 5.97 Å². The Morgan fingerprint density at radius 3 is 2.47 bits per heavy atom. The Morgan fingerprint density at radius 2 is 1.77 bits per heavy atom. The van der Waals surface area contributed by atoms with Gasteiger partial charge in [0, 0.05) is 10.2 Å².